The van der Waals surface area contributed by atoms with Crippen LogP contribution in [-0.4, -0.2) is 16.2 Å². The third kappa shape index (κ3) is 6.30. The number of hydrogen-bond acceptors (Lipinski definition) is 3. The third-order valence-electron chi connectivity index (χ3n) is 11.3. The first kappa shape index (κ1) is 26.3. The Hall–Kier alpha value is -7.69. The minimum Gasteiger partial charge on any atom is -0.321 e. The summed E-state index contributed by atoms with van der Waals surface area (Å²) in [6.07, 6.45) is 2.43. The molecule has 0 radical (unpaired) electrons. The van der Waals surface area contributed by atoms with Crippen LogP contribution >= 0.6 is 0 Å². The van der Waals surface area contributed by atoms with Gasteiger partial charge in [-0.1, -0.05) is 157 Å². The van der Waals surface area contributed by atoms with Crippen LogP contribution in [0.5, 0.6) is 0 Å². The van der Waals surface area contributed by atoms with Crippen molar-refractivity contribution in [3.63, 3.8) is 0 Å². The van der Waals surface area contributed by atoms with E-state index in [0.29, 0.717) is 17.8 Å². The summed E-state index contributed by atoms with van der Waals surface area (Å²) in [5, 5.41) is 2.27. The van der Waals surface area contributed by atoms with Crippen molar-refractivity contribution < 1.29 is 13.7 Å². The number of para-hydroxylation sites is 4. The zero-order valence-electron chi connectivity index (χ0n) is 42.6. The van der Waals surface area contributed by atoms with Gasteiger partial charge in [0.15, 0.2) is 0 Å². The second kappa shape index (κ2) is 14.9. The Bertz CT molecular complexity index is 3630. The Labute approximate surface area is 364 Å². The summed E-state index contributed by atoms with van der Waals surface area (Å²) in [4.78, 5) is 8.90. The molecule has 0 atom stereocenters. The van der Waals surface area contributed by atoms with E-state index in [4.69, 9.17) is 18.7 Å². The molecule has 3 heterocycles. The number of rotatable bonds is 8. The van der Waals surface area contributed by atoms with Crippen molar-refractivity contribution in [2.45, 2.75) is 13.3 Å². The zero-order chi connectivity index (χ0) is 48.7. The number of nitrogens with zero attached hydrogens (tertiary/aromatic N) is 4. The van der Waals surface area contributed by atoms with Crippen molar-refractivity contribution in [3.05, 3.63) is 229 Å². The average molecular weight is 781 g/mol. The van der Waals surface area contributed by atoms with E-state index in [1.54, 1.807) is 18.2 Å². The van der Waals surface area contributed by atoms with Gasteiger partial charge < -0.3 is 9.80 Å². The molecule has 0 amide bonds. The van der Waals surface area contributed by atoms with Crippen molar-refractivity contribution in [1.82, 2.24) is 9.55 Å². The van der Waals surface area contributed by atoms with Crippen LogP contribution in [0, 0.1) is 6.92 Å². The number of pyridine rings is 1. The van der Waals surface area contributed by atoms with Crippen molar-refractivity contribution in [1.29, 1.82) is 0 Å². The molecule has 0 unspecified atom stereocenters. The topological polar surface area (TPSA) is 24.3 Å². The van der Waals surface area contributed by atoms with Gasteiger partial charge in [0.2, 0.25) is 0 Å². The molecule has 0 saturated carbocycles. The molecule has 60 heavy (non-hydrogen) atoms. The average Bonchev–Trinajstić information content (AvgIpc) is 3.92. The number of aryl methyl sites for hydroxylation is 1. The normalized spacial score (nSPS) is 14.7. The Morgan fingerprint density at radius 1 is 0.517 bits per heavy atom. The van der Waals surface area contributed by atoms with E-state index in [-0.39, 0.29) is 28.9 Å². The van der Waals surface area contributed by atoms with Crippen molar-refractivity contribution in [2.24, 2.45) is 0 Å². The van der Waals surface area contributed by atoms with E-state index in [9.17, 15) is 0 Å². The molecule has 286 valence electrons. The standard InChI is InChI=1S/C56H42N4/c1-39-30-31-57-55(32-39)60-51-25-12-11-22-49(51)50-29-28-40(36-54(50)60)33-41-34-45(42-16-5-2-6-17-42)37-46(35-41)58-38-59(53-27-14-13-26-52(53)58)56-47(43-18-7-3-8-19-43)23-15-24-48(56)44-20-9-4-10-21-44/h2-32,34-37H,33,38H2,1H3/i3D,4D,7D,8D,9D,10D,18D,19D,20D,21D. The van der Waals surface area contributed by atoms with Gasteiger partial charge in [0.1, 0.15) is 12.5 Å². The monoisotopic (exact) mass is 780 g/mol. The van der Waals surface area contributed by atoms with Gasteiger partial charge in [-0.05, 0) is 101 Å². The van der Waals surface area contributed by atoms with E-state index < -0.39 is 60.4 Å². The molecule has 8 aromatic carbocycles. The predicted octanol–water partition coefficient (Wildman–Crippen LogP) is 14.3. The lowest BCUT2D eigenvalue weighted by molar-refractivity contribution is 0.990. The summed E-state index contributed by atoms with van der Waals surface area (Å²) >= 11 is 0. The molecule has 4 nitrogen and oxygen atoms in total. The molecule has 0 spiro atoms. The Balaban J connectivity index is 1.10. The van der Waals surface area contributed by atoms with Crippen molar-refractivity contribution in [3.8, 4) is 39.2 Å². The first-order valence-electron chi connectivity index (χ1n) is 24.9. The van der Waals surface area contributed by atoms with E-state index in [2.05, 4.69) is 89.2 Å². The highest BCUT2D eigenvalue weighted by molar-refractivity contribution is 6.09. The minimum absolute atomic E-state index is 0.0753. The highest BCUT2D eigenvalue weighted by atomic mass is 15.4. The molecule has 0 fully saturated rings. The van der Waals surface area contributed by atoms with Gasteiger partial charge >= 0.3 is 0 Å². The SMILES string of the molecule is [2H]c1c([2H])c([2H])c(-c2cccc(-c3c([2H])c([2H])c([2H])c([2H])c3[2H])c2N2CN(c3cc(Cc4ccc5c6ccccc6n(-c6cc(C)ccn6)c5c4)cc(-c4ccccc4)c3)c3ccccc32)c([2H])c1[2H]. The summed E-state index contributed by atoms with van der Waals surface area (Å²) in [6.45, 7) is 2.21. The van der Waals surface area contributed by atoms with Crippen LogP contribution in [0.25, 0.3) is 61.0 Å². The largest absolute Gasteiger partial charge is 0.321 e. The van der Waals surface area contributed by atoms with Crippen LogP contribution in [0.1, 0.15) is 30.4 Å². The molecule has 0 aliphatic carbocycles. The van der Waals surface area contributed by atoms with Crippen LogP contribution in [0.15, 0.2) is 212 Å². The Morgan fingerprint density at radius 2 is 1.18 bits per heavy atom. The molecule has 1 aliphatic rings. The Kier molecular flexibility index (Phi) is 6.55. The number of benzene rings is 8. The zero-order valence-corrected chi connectivity index (χ0v) is 32.6. The summed E-state index contributed by atoms with van der Waals surface area (Å²) in [6, 6.07) is 43.6. The second-order valence-electron chi connectivity index (χ2n) is 15.0. The summed E-state index contributed by atoms with van der Waals surface area (Å²) < 4.78 is 90.0. The van der Waals surface area contributed by atoms with E-state index in [0.717, 1.165) is 66.8 Å². The summed E-state index contributed by atoms with van der Waals surface area (Å²) in [5.41, 5.74) is 10.4. The number of anilines is 4. The molecule has 0 saturated heterocycles. The maximum Gasteiger partial charge on any atom is 0.137 e. The van der Waals surface area contributed by atoms with Gasteiger partial charge in [0, 0.05) is 33.8 Å². The van der Waals surface area contributed by atoms with Crippen LogP contribution in [0.3, 0.4) is 0 Å². The van der Waals surface area contributed by atoms with Gasteiger partial charge in [0.05, 0.1) is 41.8 Å². The van der Waals surface area contributed by atoms with Gasteiger partial charge in [-0.15, -0.1) is 0 Å². The highest BCUT2D eigenvalue weighted by Gasteiger charge is 2.31. The quantitative estimate of drug-likeness (QED) is 0.153. The lowest BCUT2D eigenvalue weighted by atomic mass is 9.95. The molecule has 10 aromatic rings. The molecule has 2 aromatic heterocycles. The lowest BCUT2D eigenvalue weighted by Crippen LogP contribution is -2.25. The maximum absolute atomic E-state index is 9.11. The highest BCUT2D eigenvalue weighted by Crippen LogP contribution is 2.50. The molecule has 0 bridgehead atoms. The van der Waals surface area contributed by atoms with Gasteiger partial charge in [0.25, 0.3) is 0 Å². The lowest BCUT2D eigenvalue weighted by Gasteiger charge is -2.27. The Morgan fingerprint density at radius 3 is 1.92 bits per heavy atom. The maximum atomic E-state index is 9.11. The molecular weight excluding hydrogens is 729 g/mol. The molecule has 4 heteroatoms. The molecular formula is C56H42N4. The fourth-order valence-electron chi connectivity index (χ4n) is 8.61. The van der Waals surface area contributed by atoms with Crippen molar-refractivity contribution >= 4 is 44.6 Å². The molecule has 0 N–H and O–H groups in total. The van der Waals surface area contributed by atoms with Crippen LogP contribution in [0.2, 0.25) is 0 Å². The van der Waals surface area contributed by atoms with E-state index in [1.165, 1.54) is 0 Å². The molecule has 11 rings (SSSR count). The van der Waals surface area contributed by atoms with Gasteiger partial charge in [-0.2, -0.15) is 0 Å². The van der Waals surface area contributed by atoms with Crippen LogP contribution < -0.4 is 9.80 Å². The fourth-order valence-corrected chi connectivity index (χ4v) is 8.61. The van der Waals surface area contributed by atoms with Crippen LogP contribution in [0.4, 0.5) is 22.7 Å². The second-order valence-corrected chi connectivity index (χ2v) is 15.0. The van der Waals surface area contributed by atoms with E-state index in [1.807, 2.05) is 65.7 Å². The number of aromatic nitrogens is 2. The number of hydrogen-bond donors (Lipinski definition) is 0. The van der Waals surface area contributed by atoms with Gasteiger partial charge in [-0.25, -0.2) is 4.98 Å². The number of fused-ring (bicyclic) bond motifs is 4. The van der Waals surface area contributed by atoms with E-state index >= 15 is 0 Å². The fraction of sp³-hybridized carbons (Fsp3) is 0.0536. The van der Waals surface area contributed by atoms with Crippen LogP contribution in [-0.2, 0) is 6.42 Å². The first-order chi connectivity index (χ1) is 33.8. The summed E-state index contributed by atoms with van der Waals surface area (Å²) in [5.74, 6) is 0.844. The smallest absolute Gasteiger partial charge is 0.137 e. The van der Waals surface area contributed by atoms with Gasteiger partial charge in [-0.3, -0.25) is 4.57 Å². The van der Waals surface area contributed by atoms with Crippen molar-refractivity contribution in [2.75, 3.05) is 16.5 Å². The predicted molar refractivity (Wildman–Crippen MR) is 251 cm³/mol. The first-order valence-corrected chi connectivity index (χ1v) is 19.9. The summed E-state index contributed by atoms with van der Waals surface area (Å²) in [7, 11) is 0. The third-order valence-corrected chi connectivity index (χ3v) is 11.3. The molecule has 1 aliphatic heterocycles. The minimum atomic E-state index is -0.542.